The van der Waals surface area contributed by atoms with E-state index in [-0.39, 0.29) is 22.4 Å². The highest BCUT2D eigenvalue weighted by molar-refractivity contribution is 7.99. The molecule has 2 aliphatic rings. The van der Waals surface area contributed by atoms with Gasteiger partial charge < -0.3 is 15.1 Å². The molecule has 2 amide bonds. The fourth-order valence-electron chi connectivity index (χ4n) is 7.57. The van der Waals surface area contributed by atoms with Gasteiger partial charge in [0.25, 0.3) is 15.9 Å². The maximum Gasteiger partial charge on any atom is 0.264 e. The highest BCUT2D eigenvalue weighted by Crippen LogP contribution is 2.28. The van der Waals surface area contributed by atoms with Gasteiger partial charge in [-0.25, -0.2) is 13.1 Å². The number of hydrogen-bond acceptors (Lipinski definition) is 8. The Morgan fingerprint density at radius 2 is 1.47 bits per heavy atom. The second-order valence-corrected chi connectivity index (χ2v) is 18.2. The van der Waals surface area contributed by atoms with Crippen molar-refractivity contribution >= 4 is 56.6 Å². The molecule has 0 unspecified atom stereocenters. The molecule has 0 spiro atoms. The second kappa shape index (κ2) is 19.3. The molecule has 302 valence electrons. The Bertz CT molecular complexity index is 2280. The summed E-state index contributed by atoms with van der Waals surface area (Å²) in [4.78, 5) is 34.3. The van der Waals surface area contributed by atoms with Crippen molar-refractivity contribution in [3.63, 3.8) is 0 Å². The highest BCUT2D eigenvalue weighted by Gasteiger charge is 2.24. The van der Waals surface area contributed by atoms with Gasteiger partial charge in [-0.2, -0.15) is 0 Å². The Kier molecular flexibility index (Phi) is 13.8. The van der Waals surface area contributed by atoms with Crippen LogP contribution in [-0.2, 0) is 21.4 Å². The van der Waals surface area contributed by atoms with E-state index in [1.165, 1.54) is 17.2 Å². The van der Waals surface area contributed by atoms with Crippen LogP contribution in [0.1, 0.15) is 47.2 Å². The number of aryl methyl sites for hydroxylation is 1. The van der Waals surface area contributed by atoms with Gasteiger partial charge >= 0.3 is 0 Å². The topological polar surface area (TPSA) is 102 Å². The van der Waals surface area contributed by atoms with Gasteiger partial charge in [0.05, 0.1) is 4.90 Å². The number of anilines is 2. The Hall–Kier alpha value is -4.81. The van der Waals surface area contributed by atoms with Crippen molar-refractivity contribution < 1.29 is 18.0 Å². The van der Waals surface area contributed by atoms with Crippen LogP contribution < -0.4 is 14.9 Å². The number of nitrogens with one attached hydrogen (secondary N) is 2. The van der Waals surface area contributed by atoms with Crippen LogP contribution in [0.5, 0.6) is 0 Å². The summed E-state index contributed by atoms with van der Waals surface area (Å²) in [5, 5.41) is 4.25. The second-order valence-electron chi connectivity index (χ2n) is 15.0. The summed E-state index contributed by atoms with van der Waals surface area (Å²) in [5.41, 5.74) is 6.31. The van der Waals surface area contributed by atoms with E-state index in [0.29, 0.717) is 17.7 Å². The van der Waals surface area contributed by atoms with Gasteiger partial charge in [0.1, 0.15) is 0 Å². The van der Waals surface area contributed by atoms with Crippen molar-refractivity contribution in [1.29, 1.82) is 0 Å². The summed E-state index contributed by atoms with van der Waals surface area (Å²) < 4.78 is 29.2. The van der Waals surface area contributed by atoms with Crippen LogP contribution in [0, 0.1) is 6.92 Å². The molecule has 0 aliphatic carbocycles. The number of carbonyl (C=O) groups excluding carboxylic acids is 2. The maximum atomic E-state index is 13.4. The zero-order chi connectivity index (χ0) is 40.5. The summed E-state index contributed by atoms with van der Waals surface area (Å²) in [6.07, 6.45) is 3.55. The minimum Gasteiger partial charge on any atom is -0.381 e. The lowest BCUT2D eigenvalue weighted by atomic mass is 9.99. The summed E-state index contributed by atoms with van der Waals surface area (Å²) in [6, 6.07) is 38.2. The maximum absolute atomic E-state index is 13.4. The SMILES string of the molecule is Cc1cc(S(=O)(=O)NC(=O)c2ccc(N3CCN(Cc4ccccc4-c4ccc(Cl)cc4)CC3)cc2)ccc1N[C@@H](CSc1ccccc1)CC(=O)N1CCCCC1. The van der Waals surface area contributed by atoms with Crippen LogP contribution in [0.4, 0.5) is 11.4 Å². The summed E-state index contributed by atoms with van der Waals surface area (Å²) >= 11 is 7.81. The molecule has 0 aromatic heterocycles. The van der Waals surface area contributed by atoms with Crippen molar-refractivity contribution in [2.24, 2.45) is 0 Å². The number of thioether (sulfide) groups is 1. The van der Waals surface area contributed by atoms with Crippen molar-refractivity contribution in [1.82, 2.24) is 14.5 Å². The van der Waals surface area contributed by atoms with E-state index in [1.807, 2.05) is 54.3 Å². The molecule has 5 aromatic carbocycles. The first-order valence-electron chi connectivity index (χ1n) is 19.9. The largest absolute Gasteiger partial charge is 0.381 e. The summed E-state index contributed by atoms with van der Waals surface area (Å²) in [7, 11) is -4.15. The number of hydrogen-bond donors (Lipinski definition) is 2. The Morgan fingerprint density at radius 3 is 2.17 bits per heavy atom. The lowest BCUT2D eigenvalue weighted by molar-refractivity contribution is -0.132. The zero-order valence-electron chi connectivity index (χ0n) is 32.8. The molecule has 2 aliphatic heterocycles. The predicted molar refractivity (Wildman–Crippen MR) is 236 cm³/mol. The molecule has 0 radical (unpaired) electrons. The molecule has 7 rings (SSSR count). The quantitative estimate of drug-likeness (QED) is 0.107. The first-order chi connectivity index (χ1) is 28.1. The van der Waals surface area contributed by atoms with Crippen molar-refractivity contribution in [3.05, 3.63) is 143 Å². The number of benzene rings is 5. The molecule has 2 heterocycles. The van der Waals surface area contributed by atoms with E-state index in [1.54, 1.807) is 36.0 Å². The Labute approximate surface area is 351 Å². The third-order valence-corrected chi connectivity index (χ3v) is 13.6. The van der Waals surface area contributed by atoms with Crippen LogP contribution in [-0.4, -0.2) is 81.1 Å². The number of nitrogens with zero attached hydrogens (tertiary/aromatic N) is 3. The smallest absolute Gasteiger partial charge is 0.264 e. The average molecular weight is 837 g/mol. The zero-order valence-corrected chi connectivity index (χ0v) is 35.2. The van der Waals surface area contributed by atoms with E-state index in [4.69, 9.17) is 11.6 Å². The van der Waals surface area contributed by atoms with Crippen LogP contribution in [0.3, 0.4) is 0 Å². The molecule has 2 N–H and O–H groups in total. The summed E-state index contributed by atoms with van der Waals surface area (Å²) in [6.45, 7) is 7.67. The molecule has 12 heteroatoms. The molecule has 0 saturated carbocycles. The number of piperidine rings is 1. The van der Waals surface area contributed by atoms with E-state index >= 15 is 0 Å². The van der Waals surface area contributed by atoms with Crippen molar-refractivity contribution in [3.8, 4) is 11.1 Å². The molecule has 2 saturated heterocycles. The van der Waals surface area contributed by atoms with Crippen molar-refractivity contribution in [2.75, 3.05) is 55.2 Å². The van der Waals surface area contributed by atoms with Gasteiger partial charge in [-0.1, -0.05) is 66.2 Å². The van der Waals surface area contributed by atoms with E-state index < -0.39 is 15.9 Å². The molecule has 5 aromatic rings. The number of piperazine rings is 1. The van der Waals surface area contributed by atoms with E-state index in [9.17, 15) is 18.0 Å². The molecular formula is C46H50ClN5O4S2. The molecule has 58 heavy (non-hydrogen) atoms. The van der Waals surface area contributed by atoms with Gasteiger partial charge in [-0.15, -0.1) is 11.8 Å². The third kappa shape index (κ3) is 10.8. The normalized spacial score (nSPS) is 15.5. The molecule has 2 fully saturated rings. The van der Waals surface area contributed by atoms with Gasteiger partial charge in [0.15, 0.2) is 0 Å². The van der Waals surface area contributed by atoms with E-state index in [0.717, 1.165) is 91.9 Å². The fraction of sp³-hybridized carbons (Fsp3) is 0.304. The van der Waals surface area contributed by atoms with Crippen LogP contribution in [0.25, 0.3) is 11.1 Å². The standard InChI is InChI=1S/C46H50ClN5O4S2/c1-34-30-42(22-23-44(34)48-39(33-57-41-11-4-2-5-12-41)31-45(53)52-24-8-3-9-25-52)58(55,56)49-46(54)36-16-20-40(21-17-36)51-28-26-50(27-29-51)32-37-10-6-7-13-43(37)35-14-18-38(47)19-15-35/h2,4-7,10-23,30,39,48H,3,8-9,24-29,31-33H2,1H3,(H,49,54)/t39-/m1/s1. The van der Waals surface area contributed by atoms with E-state index in [2.05, 4.69) is 68.4 Å². The van der Waals surface area contributed by atoms with Crippen LogP contribution in [0.2, 0.25) is 5.02 Å². The lowest BCUT2D eigenvalue weighted by Gasteiger charge is -2.36. The first-order valence-corrected chi connectivity index (χ1v) is 22.8. The predicted octanol–water partition coefficient (Wildman–Crippen LogP) is 8.73. The van der Waals surface area contributed by atoms with Gasteiger partial charge in [-0.05, 0) is 115 Å². The number of halogens is 1. The number of likely N-dealkylation sites (tertiary alicyclic amines) is 1. The lowest BCUT2D eigenvalue weighted by Crippen LogP contribution is -2.46. The van der Waals surface area contributed by atoms with Gasteiger partial charge in [0.2, 0.25) is 5.91 Å². The number of sulfonamides is 1. The molecule has 0 bridgehead atoms. The van der Waals surface area contributed by atoms with Crippen LogP contribution in [0.15, 0.2) is 131 Å². The Morgan fingerprint density at radius 1 is 0.776 bits per heavy atom. The van der Waals surface area contributed by atoms with Crippen molar-refractivity contribution in [2.45, 2.75) is 55.0 Å². The van der Waals surface area contributed by atoms with Gasteiger partial charge in [0, 0.05) is 90.9 Å². The first kappa shape index (κ1) is 41.4. The molecular weight excluding hydrogens is 786 g/mol. The minimum atomic E-state index is -4.15. The number of carbonyl (C=O) groups is 2. The Balaban J connectivity index is 0.937. The minimum absolute atomic E-state index is 0.00576. The molecule has 9 nitrogen and oxygen atoms in total. The number of rotatable bonds is 14. The summed E-state index contributed by atoms with van der Waals surface area (Å²) in [5.74, 6) is 0.101. The number of amides is 2. The fourth-order valence-corrected chi connectivity index (χ4v) is 9.70. The third-order valence-electron chi connectivity index (χ3n) is 10.9. The van der Waals surface area contributed by atoms with Crippen LogP contribution >= 0.6 is 23.4 Å². The average Bonchev–Trinajstić information content (AvgIpc) is 3.25. The monoisotopic (exact) mass is 835 g/mol. The highest BCUT2D eigenvalue weighted by atomic mass is 35.5. The molecule has 1 atom stereocenters. The van der Waals surface area contributed by atoms with Gasteiger partial charge in [-0.3, -0.25) is 14.5 Å².